The fraction of sp³-hybridized carbons (Fsp3) is 0.438. The second-order valence-corrected chi connectivity index (χ2v) is 5.49. The van der Waals surface area contributed by atoms with E-state index in [1.165, 1.54) is 0 Å². The van der Waals surface area contributed by atoms with Gasteiger partial charge in [-0.1, -0.05) is 0 Å². The average molecular weight is 458 g/mol. The van der Waals surface area contributed by atoms with Crippen LogP contribution in [0.3, 0.4) is 0 Å². The number of hydrogen-bond acceptors (Lipinski definition) is 5. The van der Waals surface area contributed by atoms with E-state index in [-0.39, 0.29) is 24.0 Å². The largest absolute Gasteiger partial charge is 0.490 e. The quantitative estimate of drug-likeness (QED) is 0.417. The number of halogens is 1. The first-order chi connectivity index (χ1) is 11.7. The number of anilines is 1. The van der Waals surface area contributed by atoms with Crippen LogP contribution in [0.5, 0.6) is 11.5 Å². The summed E-state index contributed by atoms with van der Waals surface area (Å²) in [7, 11) is 3.66. The van der Waals surface area contributed by atoms with Gasteiger partial charge >= 0.3 is 0 Å². The van der Waals surface area contributed by atoms with E-state index in [0.29, 0.717) is 25.7 Å². The van der Waals surface area contributed by atoms with Crippen molar-refractivity contribution in [3.8, 4) is 11.5 Å². The first kappa shape index (κ1) is 19.3. The predicted molar refractivity (Wildman–Crippen MR) is 107 cm³/mol. The average Bonchev–Trinajstić information content (AvgIpc) is 2.79. The molecule has 0 spiro atoms. The van der Waals surface area contributed by atoms with Crippen molar-refractivity contribution in [2.45, 2.75) is 19.9 Å². The van der Waals surface area contributed by atoms with Crippen LogP contribution in [0.4, 0.5) is 5.69 Å². The summed E-state index contributed by atoms with van der Waals surface area (Å²) in [6.45, 7) is 3.79. The van der Waals surface area contributed by atoms with Crippen LogP contribution in [0.15, 0.2) is 23.2 Å². The summed E-state index contributed by atoms with van der Waals surface area (Å²) in [6, 6.07) is 5.76. The van der Waals surface area contributed by atoms with Crippen molar-refractivity contribution in [2.75, 3.05) is 25.6 Å². The molecule has 0 saturated carbocycles. The molecule has 1 aliphatic heterocycles. The van der Waals surface area contributed by atoms with Crippen LogP contribution in [0.2, 0.25) is 0 Å². The lowest BCUT2D eigenvalue weighted by Gasteiger charge is -2.13. The Morgan fingerprint density at radius 1 is 1.24 bits per heavy atom. The number of nitrogens with one attached hydrogen (secondary N) is 2. The Kier molecular flexibility index (Phi) is 6.85. The van der Waals surface area contributed by atoms with Crippen molar-refractivity contribution in [3.05, 3.63) is 29.8 Å². The Bertz CT molecular complexity index is 746. The van der Waals surface area contributed by atoms with Gasteiger partial charge in [0, 0.05) is 32.3 Å². The Morgan fingerprint density at radius 3 is 2.68 bits per heavy atom. The zero-order chi connectivity index (χ0) is 16.9. The first-order valence-corrected chi connectivity index (χ1v) is 7.89. The molecule has 1 aliphatic rings. The van der Waals surface area contributed by atoms with Crippen LogP contribution in [0.25, 0.3) is 0 Å². The van der Waals surface area contributed by atoms with Gasteiger partial charge in [-0.3, -0.25) is 4.99 Å². The molecule has 2 heterocycles. The number of guanidine groups is 1. The summed E-state index contributed by atoms with van der Waals surface area (Å²) >= 11 is 0. The number of hydrogen-bond donors (Lipinski definition) is 2. The van der Waals surface area contributed by atoms with Crippen molar-refractivity contribution in [1.82, 2.24) is 20.1 Å². The maximum absolute atomic E-state index is 5.71. The molecule has 136 valence electrons. The lowest BCUT2D eigenvalue weighted by atomic mass is 10.3. The Morgan fingerprint density at radius 2 is 2.00 bits per heavy atom. The van der Waals surface area contributed by atoms with Crippen molar-refractivity contribution in [2.24, 2.45) is 12.0 Å². The summed E-state index contributed by atoms with van der Waals surface area (Å²) in [5, 5.41) is 14.6. The number of benzene rings is 1. The molecule has 0 amide bonds. The lowest BCUT2D eigenvalue weighted by molar-refractivity contribution is 0.297. The van der Waals surface area contributed by atoms with Gasteiger partial charge in [-0.25, -0.2) is 0 Å². The highest BCUT2D eigenvalue weighted by Gasteiger charge is 2.12. The van der Waals surface area contributed by atoms with Gasteiger partial charge in [0.2, 0.25) is 0 Å². The molecule has 0 unspecified atom stereocenters. The number of aryl methyl sites for hydroxylation is 1. The van der Waals surface area contributed by atoms with Crippen LogP contribution in [0.1, 0.15) is 18.1 Å². The van der Waals surface area contributed by atoms with Crippen molar-refractivity contribution >= 4 is 35.6 Å². The zero-order valence-corrected chi connectivity index (χ0v) is 16.9. The molecule has 25 heavy (non-hydrogen) atoms. The number of aliphatic imine (C=N–C) groups is 1. The van der Waals surface area contributed by atoms with Gasteiger partial charge < -0.3 is 24.7 Å². The molecule has 0 saturated heterocycles. The predicted octanol–water partition coefficient (Wildman–Crippen LogP) is 2.09. The maximum Gasteiger partial charge on any atom is 0.195 e. The number of aromatic nitrogens is 3. The molecule has 0 atom stereocenters. The number of fused-ring (bicyclic) bond motifs is 1. The molecular formula is C16H23IN6O2. The summed E-state index contributed by atoms with van der Waals surface area (Å²) in [5.74, 6) is 3.88. The van der Waals surface area contributed by atoms with E-state index in [0.717, 1.165) is 35.3 Å². The van der Waals surface area contributed by atoms with E-state index < -0.39 is 0 Å². The van der Waals surface area contributed by atoms with Gasteiger partial charge in [0.05, 0.1) is 19.8 Å². The maximum atomic E-state index is 5.71. The van der Waals surface area contributed by atoms with Gasteiger partial charge in [-0.2, -0.15) is 0 Å². The standard InChI is InChI=1S/C16H22N6O2.HI/c1-11-20-21-15(22(11)3)10-18-16(17-2)19-12-5-6-13-14(9-12)24-8-4-7-23-13;/h5-6,9H,4,7-8,10H2,1-3H3,(H2,17,18,19);1H. The Hall–Kier alpha value is -2.04. The summed E-state index contributed by atoms with van der Waals surface area (Å²) in [6.07, 6.45) is 0.887. The second-order valence-electron chi connectivity index (χ2n) is 5.49. The van der Waals surface area contributed by atoms with Gasteiger partial charge in [0.15, 0.2) is 23.3 Å². The minimum absolute atomic E-state index is 0. The first-order valence-electron chi connectivity index (χ1n) is 7.89. The van der Waals surface area contributed by atoms with Gasteiger partial charge in [-0.15, -0.1) is 34.2 Å². The summed E-state index contributed by atoms with van der Waals surface area (Å²) < 4.78 is 13.3. The number of ether oxygens (including phenoxy) is 2. The molecule has 8 nitrogen and oxygen atoms in total. The molecule has 0 bridgehead atoms. The zero-order valence-electron chi connectivity index (χ0n) is 14.6. The molecule has 3 rings (SSSR count). The molecule has 9 heteroatoms. The molecule has 1 aromatic carbocycles. The smallest absolute Gasteiger partial charge is 0.195 e. The topological polar surface area (TPSA) is 85.6 Å². The van der Waals surface area contributed by atoms with Crippen LogP contribution in [0, 0.1) is 6.92 Å². The van der Waals surface area contributed by atoms with Crippen LogP contribution < -0.4 is 20.1 Å². The molecular weight excluding hydrogens is 435 g/mol. The van der Waals surface area contributed by atoms with Crippen molar-refractivity contribution in [3.63, 3.8) is 0 Å². The van der Waals surface area contributed by atoms with Gasteiger partial charge in [-0.05, 0) is 19.1 Å². The van der Waals surface area contributed by atoms with E-state index in [1.807, 2.05) is 36.7 Å². The van der Waals surface area contributed by atoms with Crippen molar-refractivity contribution in [1.29, 1.82) is 0 Å². The molecule has 2 N–H and O–H groups in total. The number of rotatable bonds is 3. The highest BCUT2D eigenvalue weighted by atomic mass is 127. The molecule has 0 aliphatic carbocycles. The third-order valence-corrected chi connectivity index (χ3v) is 3.83. The SMILES string of the molecule is CN=C(NCc1nnc(C)n1C)Nc1ccc2c(c1)OCCCO2.I. The van der Waals surface area contributed by atoms with Gasteiger partial charge in [0.1, 0.15) is 5.82 Å². The highest BCUT2D eigenvalue weighted by molar-refractivity contribution is 14.0. The third-order valence-electron chi connectivity index (χ3n) is 3.83. The van der Waals surface area contributed by atoms with E-state index in [9.17, 15) is 0 Å². The van der Waals surface area contributed by atoms with Crippen LogP contribution in [-0.2, 0) is 13.6 Å². The minimum Gasteiger partial charge on any atom is -0.490 e. The van der Waals surface area contributed by atoms with E-state index >= 15 is 0 Å². The fourth-order valence-electron chi connectivity index (χ4n) is 2.32. The van der Waals surface area contributed by atoms with E-state index in [4.69, 9.17) is 9.47 Å². The molecule has 2 aromatic rings. The monoisotopic (exact) mass is 458 g/mol. The summed E-state index contributed by atoms with van der Waals surface area (Å²) in [4.78, 5) is 4.23. The van der Waals surface area contributed by atoms with Crippen LogP contribution in [-0.4, -0.2) is 41.0 Å². The molecule has 0 radical (unpaired) electrons. The number of nitrogens with zero attached hydrogens (tertiary/aromatic N) is 4. The Labute approximate surface area is 164 Å². The highest BCUT2D eigenvalue weighted by Crippen LogP contribution is 2.32. The van der Waals surface area contributed by atoms with E-state index in [2.05, 4.69) is 25.8 Å². The molecule has 1 aromatic heterocycles. The molecule has 0 fully saturated rings. The summed E-state index contributed by atoms with van der Waals surface area (Å²) in [5.41, 5.74) is 0.876. The second kappa shape index (κ2) is 8.88. The minimum atomic E-state index is 0. The van der Waals surface area contributed by atoms with Gasteiger partial charge in [0.25, 0.3) is 0 Å². The third kappa shape index (κ3) is 4.74. The fourth-order valence-corrected chi connectivity index (χ4v) is 2.32. The normalized spacial score (nSPS) is 13.6. The van der Waals surface area contributed by atoms with E-state index in [1.54, 1.807) is 7.05 Å². The van der Waals surface area contributed by atoms with Crippen molar-refractivity contribution < 1.29 is 9.47 Å². The Balaban J connectivity index is 0.00000225. The van der Waals surface area contributed by atoms with Crippen LogP contribution >= 0.6 is 24.0 Å². The lowest BCUT2D eigenvalue weighted by Crippen LogP contribution is -2.31.